The molecule has 2 saturated heterocycles. The van der Waals surface area contributed by atoms with E-state index in [1.807, 2.05) is 42.5 Å². The minimum absolute atomic E-state index is 0.354. The number of halogens is 1. The van der Waals surface area contributed by atoms with Crippen LogP contribution in [0.3, 0.4) is 0 Å². The molecule has 0 spiro atoms. The first-order chi connectivity index (χ1) is 16.0. The summed E-state index contributed by atoms with van der Waals surface area (Å²) in [6, 6.07) is 21.1. The number of para-hydroxylation sites is 1. The summed E-state index contributed by atoms with van der Waals surface area (Å²) in [7, 11) is 3.02. The van der Waals surface area contributed by atoms with Gasteiger partial charge in [-0.2, -0.15) is 0 Å². The highest BCUT2D eigenvalue weighted by Gasteiger charge is 2.60. The number of hydrogen-bond donors (Lipinski definition) is 0. The van der Waals surface area contributed by atoms with Gasteiger partial charge in [-0.1, -0.05) is 41.9 Å². The zero-order chi connectivity index (χ0) is 23.1. The average molecular weight is 465 g/mol. The number of anilines is 2. The van der Waals surface area contributed by atoms with Crippen LogP contribution in [-0.4, -0.2) is 32.1 Å². The first-order valence-electron chi connectivity index (χ1n) is 10.4. The number of rotatable bonds is 5. The van der Waals surface area contributed by atoms with Crippen LogP contribution in [0, 0.1) is 5.92 Å². The zero-order valence-corrected chi connectivity index (χ0v) is 18.7. The van der Waals surface area contributed by atoms with E-state index in [4.69, 9.17) is 25.9 Å². The Bertz CT molecular complexity index is 1200. The van der Waals surface area contributed by atoms with E-state index in [1.165, 1.54) is 14.2 Å². The molecular weight excluding hydrogens is 444 g/mol. The first-order valence-corrected chi connectivity index (χ1v) is 10.8. The molecule has 168 valence electrons. The standard InChI is InChI=1S/C25H21ClN2O5/c1-31-18-12-13-19(20(14-18)32-2)27-24(29)21-22(15-8-10-16(26)11-9-15)28(33-23(21)25(27)30)17-6-4-3-5-7-17/h3-14,21-23H,1-2H3. The van der Waals surface area contributed by atoms with Crippen LogP contribution in [0.5, 0.6) is 11.5 Å². The summed E-state index contributed by atoms with van der Waals surface area (Å²) in [4.78, 5) is 34.5. The molecule has 3 aromatic carbocycles. The van der Waals surface area contributed by atoms with E-state index in [-0.39, 0.29) is 5.91 Å². The van der Waals surface area contributed by atoms with Crippen molar-refractivity contribution in [3.8, 4) is 11.5 Å². The minimum atomic E-state index is -0.967. The molecule has 0 radical (unpaired) electrons. The van der Waals surface area contributed by atoms with Crippen molar-refractivity contribution in [3.63, 3.8) is 0 Å². The van der Waals surface area contributed by atoms with Crippen molar-refractivity contribution in [2.75, 3.05) is 24.2 Å². The maximum absolute atomic E-state index is 13.7. The summed E-state index contributed by atoms with van der Waals surface area (Å²) < 4.78 is 10.7. The molecule has 8 heteroatoms. The number of hydroxylamine groups is 1. The quantitative estimate of drug-likeness (QED) is 0.521. The number of nitrogens with zero attached hydrogens (tertiary/aromatic N) is 2. The number of ether oxygens (including phenoxy) is 2. The predicted molar refractivity (Wildman–Crippen MR) is 124 cm³/mol. The van der Waals surface area contributed by atoms with Crippen LogP contribution < -0.4 is 19.4 Å². The van der Waals surface area contributed by atoms with Crippen LogP contribution in [0.25, 0.3) is 0 Å². The van der Waals surface area contributed by atoms with Gasteiger partial charge in [0.1, 0.15) is 17.4 Å². The molecule has 2 aliphatic rings. The molecule has 2 fully saturated rings. The number of fused-ring (bicyclic) bond motifs is 1. The summed E-state index contributed by atoms with van der Waals surface area (Å²) in [5.41, 5.74) is 1.92. The lowest BCUT2D eigenvalue weighted by Gasteiger charge is -2.29. The second kappa shape index (κ2) is 8.42. The van der Waals surface area contributed by atoms with E-state index >= 15 is 0 Å². The highest BCUT2D eigenvalue weighted by atomic mass is 35.5. The van der Waals surface area contributed by atoms with Crippen LogP contribution in [0.4, 0.5) is 11.4 Å². The van der Waals surface area contributed by atoms with Crippen molar-refractivity contribution in [1.29, 1.82) is 0 Å². The van der Waals surface area contributed by atoms with Crippen LogP contribution in [0.1, 0.15) is 11.6 Å². The molecular formula is C25H21ClN2O5. The van der Waals surface area contributed by atoms with E-state index in [0.717, 1.165) is 16.2 Å². The summed E-state index contributed by atoms with van der Waals surface area (Å²) in [6.45, 7) is 0. The third-order valence-electron chi connectivity index (χ3n) is 5.97. The van der Waals surface area contributed by atoms with Crippen molar-refractivity contribution < 1.29 is 23.9 Å². The van der Waals surface area contributed by atoms with E-state index in [1.54, 1.807) is 35.4 Å². The second-order valence-electron chi connectivity index (χ2n) is 7.76. The Labute approximate surface area is 196 Å². The number of amides is 2. The molecule has 3 atom stereocenters. The van der Waals surface area contributed by atoms with Gasteiger partial charge < -0.3 is 9.47 Å². The van der Waals surface area contributed by atoms with Gasteiger partial charge in [-0.3, -0.25) is 14.4 Å². The van der Waals surface area contributed by atoms with Gasteiger partial charge in [-0.15, -0.1) is 0 Å². The normalized spacial score (nSPS) is 22.0. The van der Waals surface area contributed by atoms with Crippen molar-refractivity contribution in [2.45, 2.75) is 12.1 Å². The summed E-state index contributed by atoms with van der Waals surface area (Å²) in [6.07, 6.45) is -0.967. The predicted octanol–water partition coefficient (Wildman–Crippen LogP) is 4.41. The fraction of sp³-hybridized carbons (Fsp3) is 0.200. The van der Waals surface area contributed by atoms with Gasteiger partial charge >= 0.3 is 0 Å². The highest BCUT2D eigenvalue weighted by molar-refractivity contribution is 6.30. The molecule has 3 unspecified atom stereocenters. The molecule has 0 saturated carbocycles. The summed E-state index contributed by atoms with van der Waals surface area (Å²) in [5, 5.41) is 2.23. The Morgan fingerprint density at radius 2 is 1.61 bits per heavy atom. The van der Waals surface area contributed by atoms with Crippen LogP contribution in [0.2, 0.25) is 5.02 Å². The molecule has 2 amide bonds. The Morgan fingerprint density at radius 3 is 2.27 bits per heavy atom. The van der Waals surface area contributed by atoms with Gasteiger partial charge in [-0.05, 0) is 42.0 Å². The smallest absolute Gasteiger partial charge is 0.266 e. The summed E-state index contributed by atoms with van der Waals surface area (Å²) >= 11 is 6.10. The van der Waals surface area contributed by atoms with Crippen molar-refractivity contribution >= 4 is 34.8 Å². The lowest BCUT2D eigenvalue weighted by atomic mass is 9.90. The molecule has 2 aliphatic heterocycles. The van der Waals surface area contributed by atoms with Gasteiger partial charge in [0.05, 0.1) is 31.6 Å². The van der Waals surface area contributed by atoms with Gasteiger partial charge in [0.2, 0.25) is 5.91 Å². The Balaban J connectivity index is 1.58. The average Bonchev–Trinajstić information content (AvgIpc) is 3.35. The lowest BCUT2D eigenvalue weighted by Crippen LogP contribution is -2.37. The third-order valence-corrected chi connectivity index (χ3v) is 6.22. The maximum atomic E-state index is 13.7. The van der Waals surface area contributed by atoms with E-state index < -0.39 is 24.0 Å². The monoisotopic (exact) mass is 464 g/mol. The molecule has 7 nitrogen and oxygen atoms in total. The fourth-order valence-electron chi connectivity index (χ4n) is 4.42. The molecule has 2 heterocycles. The van der Waals surface area contributed by atoms with Gasteiger partial charge in [0.15, 0.2) is 6.10 Å². The summed E-state index contributed by atoms with van der Waals surface area (Å²) in [5.74, 6) is -0.622. The molecule has 0 N–H and O–H groups in total. The first kappa shape index (κ1) is 21.3. The number of benzene rings is 3. The number of carbonyl (C=O) groups is 2. The Kier molecular flexibility index (Phi) is 5.44. The third kappa shape index (κ3) is 3.50. The topological polar surface area (TPSA) is 68.3 Å². The van der Waals surface area contributed by atoms with Crippen LogP contribution >= 0.6 is 11.6 Å². The van der Waals surface area contributed by atoms with Gasteiger partial charge in [0, 0.05) is 11.1 Å². The molecule has 5 rings (SSSR count). The van der Waals surface area contributed by atoms with Gasteiger partial charge in [-0.25, -0.2) is 9.96 Å². The maximum Gasteiger partial charge on any atom is 0.266 e. The van der Waals surface area contributed by atoms with Crippen molar-refractivity contribution in [3.05, 3.63) is 83.4 Å². The lowest BCUT2D eigenvalue weighted by molar-refractivity contribution is -0.126. The Hall–Kier alpha value is -3.55. The van der Waals surface area contributed by atoms with E-state index in [9.17, 15) is 9.59 Å². The Morgan fingerprint density at radius 1 is 0.879 bits per heavy atom. The van der Waals surface area contributed by atoms with Crippen molar-refractivity contribution in [1.82, 2.24) is 0 Å². The molecule has 33 heavy (non-hydrogen) atoms. The largest absolute Gasteiger partial charge is 0.497 e. The minimum Gasteiger partial charge on any atom is -0.497 e. The van der Waals surface area contributed by atoms with Crippen LogP contribution in [-0.2, 0) is 14.4 Å². The zero-order valence-electron chi connectivity index (χ0n) is 18.0. The number of carbonyl (C=O) groups excluding carboxylic acids is 2. The van der Waals surface area contributed by atoms with Gasteiger partial charge in [0.25, 0.3) is 5.91 Å². The second-order valence-corrected chi connectivity index (χ2v) is 8.20. The fourth-order valence-corrected chi connectivity index (χ4v) is 4.55. The number of methoxy groups -OCH3 is 2. The van der Waals surface area contributed by atoms with E-state index in [2.05, 4.69) is 0 Å². The molecule has 0 aliphatic carbocycles. The number of hydrogen-bond acceptors (Lipinski definition) is 6. The van der Waals surface area contributed by atoms with Crippen molar-refractivity contribution in [2.24, 2.45) is 5.92 Å². The van der Waals surface area contributed by atoms with E-state index in [0.29, 0.717) is 22.2 Å². The molecule has 0 bridgehead atoms. The molecule has 3 aromatic rings. The SMILES string of the molecule is COc1ccc(N2C(=O)C3ON(c4ccccc4)C(c4ccc(Cl)cc4)C3C2=O)c(OC)c1. The number of imide groups is 1. The molecule has 0 aromatic heterocycles. The van der Waals surface area contributed by atoms with Crippen LogP contribution in [0.15, 0.2) is 72.8 Å². The highest BCUT2D eigenvalue weighted by Crippen LogP contribution is 2.49.